The Labute approximate surface area is 208 Å². The van der Waals surface area contributed by atoms with Gasteiger partial charge in [-0.2, -0.15) is 0 Å². The molecule has 0 atom stereocenters. The van der Waals surface area contributed by atoms with Crippen LogP contribution in [0.5, 0.6) is 5.75 Å². The number of nitrogens with two attached hydrogens (primary N) is 1. The van der Waals surface area contributed by atoms with E-state index >= 15 is 0 Å². The molecule has 4 aromatic rings. The highest BCUT2D eigenvalue weighted by Gasteiger charge is 2.18. The van der Waals surface area contributed by atoms with Crippen LogP contribution in [0.3, 0.4) is 0 Å². The van der Waals surface area contributed by atoms with Gasteiger partial charge in [0.05, 0.1) is 15.5 Å². The average molecular weight is 517 g/mol. The lowest BCUT2D eigenvalue weighted by Crippen LogP contribution is -2.15. The Hall–Kier alpha value is -2.84. The summed E-state index contributed by atoms with van der Waals surface area (Å²) in [6.07, 6.45) is 0.648. The van der Waals surface area contributed by atoms with Gasteiger partial charge in [-0.25, -0.2) is 0 Å². The molecule has 2 aromatic carbocycles. The SMILES string of the molecule is NC(=O)c1cc(Cc2ccccc2)sc1NC(=O)c1ccc(COc2ccc(Cl)cc2Cl)s1. The van der Waals surface area contributed by atoms with Crippen LogP contribution in [0.1, 0.15) is 35.3 Å². The highest BCUT2D eigenvalue weighted by molar-refractivity contribution is 7.17. The molecular formula is C24H18Cl2N2O3S2. The monoisotopic (exact) mass is 516 g/mol. The number of carbonyl (C=O) groups is 2. The van der Waals surface area contributed by atoms with Gasteiger partial charge in [-0.3, -0.25) is 9.59 Å². The van der Waals surface area contributed by atoms with Crippen LogP contribution in [0.15, 0.2) is 66.7 Å². The summed E-state index contributed by atoms with van der Waals surface area (Å²) in [5, 5.41) is 4.21. The second-order valence-electron chi connectivity index (χ2n) is 7.07. The van der Waals surface area contributed by atoms with Gasteiger partial charge in [-0.15, -0.1) is 22.7 Å². The molecule has 0 saturated carbocycles. The molecule has 0 aliphatic carbocycles. The Balaban J connectivity index is 1.44. The molecule has 0 unspecified atom stereocenters. The quantitative estimate of drug-likeness (QED) is 0.275. The number of nitrogens with one attached hydrogen (secondary N) is 1. The van der Waals surface area contributed by atoms with E-state index in [-0.39, 0.29) is 12.5 Å². The third-order valence-corrected chi connectivity index (χ3v) is 7.28. The molecule has 0 saturated heterocycles. The smallest absolute Gasteiger partial charge is 0.266 e. The van der Waals surface area contributed by atoms with Gasteiger partial charge in [0.2, 0.25) is 0 Å². The van der Waals surface area contributed by atoms with Crippen LogP contribution in [-0.4, -0.2) is 11.8 Å². The lowest BCUT2D eigenvalue weighted by atomic mass is 10.1. The number of hydrogen-bond donors (Lipinski definition) is 2. The van der Waals surface area contributed by atoms with E-state index in [0.29, 0.717) is 37.7 Å². The number of anilines is 1. The van der Waals surface area contributed by atoms with Gasteiger partial charge in [0.25, 0.3) is 11.8 Å². The number of halogens is 2. The molecule has 0 spiro atoms. The molecule has 5 nitrogen and oxygen atoms in total. The number of carbonyl (C=O) groups excluding carboxylic acids is 2. The van der Waals surface area contributed by atoms with Crippen molar-refractivity contribution in [3.8, 4) is 5.75 Å². The standard InChI is InChI=1S/C24H18Cl2N2O3S2/c25-15-6-8-20(19(26)11-15)31-13-16-7-9-21(32-16)23(30)28-24-18(22(27)29)12-17(33-24)10-14-4-2-1-3-5-14/h1-9,11-12H,10,13H2,(H2,27,29)(H,28,30). The van der Waals surface area contributed by atoms with Crippen molar-refractivity contribution in [2.45, 2.75) is 13.0 Å². The zero-order chi connectivity index (χ0) is 23.4. The summed E-state index contributed by atoms with van der Waals surface area (Å²) in [6, 6.07) is 20.1. The van der Waals surface area contributed by atoms with Crippen molar-refractivity contribution in [2.75, 3.05) is 5.32 Å². The Bertz CT molecular complexity index is 1300. The van der Waals surface area contributed by atoms with Crippen LogP contribution < -0.4 is 15.8 Å². The van der Waals surface area contributed by atoms with Crippen molar-refractivity contribution in [2.24, 2.45) is 5.73 Å². The van der Waals surface area contributed by atoms with E-state index in [0.717, 1.165) is 15.3 Å². The van der Waals surface area contributed by atoms with Crippen LogP contribution in [0, 0.1) is 0 Å². The van der Waals surface area contributed by atoms with Crippen molar-refractivity contribution in [3.05, 3.63) is 103 Å². The summed E-state index contributed by atoms with van der Waals surface area (Å²) in [4.78, 5) is 27.0. The zero-order valence-corrected chi connectivity index (χ0v) is 20.3. The van der Waals surface area contributed by atoms with Gasteiger partial charge in [-0.05, 0) is 42.0 Å². The number of thiophene rings is 2. The van der Waals surface area contributed by atoms with Gasteiger partial charge in [-0.1, -0.05) is 53.5 Å². The van der Waals surface area contributed by atoms with E-state index in [4.69, 9.17) is 33.7 Å². The number of amides is 2. The third kappa shape index (κ3) is 5.94. The minimum atomic E-state index is -0.582. The minimum absolute atomic E-state index is 0.256. The maximum absolute atomic E-state index is 12.8. The first-order valence-electron chi connectivity index (χ1n) is 9.83. The van der Waals surface area contributed by atoms with Crippen molar-refractivity contribution in [3.63, 3.8) is 0 Å². The number of ether oxygens (including phenoxy) is 1. The van der Waals surface area contributed by atoms with E-state index in [9.17, 15) is 9.59 Å². The molecule has 168 valence electrons. The van der Waals surface area contributed by atoms with E-state index in [1.165, 1.54) is 22.7 Å². The molecule has 0 bridgehead atoms. The Morgan fingerprint density at radius 1 is 0.939 bits per heavy atom. The molecule has 33 heavy (non-hydrogen) atoms. The van der Waals surface area contributed by atoms with Gasteiger partial charge in [0.1, 0.15) is 17.4 Å². The minimum Gasteiger partial charge on any atom is -0.487 e. The number of benzene rings is 2. The Morgan fingerprint density at radius 2 is 1.73 bits per heavy atom. The summed E-state index contributed by atoms with van der Waals surface area (Å²) < 4.78 is 5.73. The van der Waals surface area contributed by atoms with Crippen molar-refractivity contribution < 1.29 is 14.3 Å². The summed E-state index contributed by atoms with van der Waals surface area (Å²) >= 11 is 14.7. The molecule has 2 amide bonds. The van der Waals surface area contributed by atoms with Gasteiger partial charge >= 0.3 is 0 Å². The van der Waals surface area contributed by atoms with Crippen LogP contribution in [0.2, 0.25) is 10.0 Å². The van der Waals surface area contributed by atoms with Gasteiger partial charge in [0.15, 0.2) is 0 Å². The maximum Gasteiger partial charge on any atom is 0.266 e. The molecule has 0 aliphatic rings. The lowest BCUT2D eigenvalue weighted by Gasteiger charge is -2.06. The van der Waals surface area contributed by atoms with Crippen LogP contribution in [0.25, 0.3) is 0 Å². The topological polar surface area (TPSA) is 81.4 Å². The molecule has 0 aliphatic heterocycles. The first-order valence-corrected chi connectivity index (χ1v) is 12.2. The largest absolute Gasteiger partial charge is 0.487 e. The fourth-order valence-corrected chi connectivity index (χ4v) is 5.46. The molecular weight excluding hydrogens is 499 g/mol. The fraction of sp³-hybridized carbons (Fsp3) is 0.0833. The molecule has 4 rings (SSSR count). The zero-order valence-electron chi connectivity index (χ0n) is 17.1. The van der Waals surface area contributed by atoms with E-state index in [1.54, 1.807) is 30.3 Å². The first kappa shape index (κ1) is 23.3. The van der Waals surface area contributed by atoms with Crippen molar-refractivity contribution in [1.29, 1.82) is 0 Å². The highest BCUT2D eigenvalue weighted by atomic mass is 35.5. The molecule has 2 aromatic heterocycles. The molecule has 2 heterocycles. The molecule has 0 fully saturated rings. The van der Waals surface area contributed by atoms with Crippen molar-refractivity contribution >= 4 is 62.7 Å². The van der Waals surface area contributed by atoms with Crippen molar-refractivity contribution in [1.82, 2.24) is 0 Å². The number of rotatable bonds is 8. The number of hydrogen-bond acceptors (Lipinski definition) is 5. The summed E-state index contributed by atoms with van der Waals surface area (Å²) in [5.74, 6) is -0.386. The summed E-state index contributed by atoms with van der Waals surface area (Å²) in [6.45, 7) is 0.256. The van der Waals surface area contributed by atoms with Gasteiger partial charge < -0.3 is 15.8 Å². The fourth-order valence-electron chi connectivity index (χ4n) is 3.09. The predicted molar refractivity (Wildman–Crippen MR) is 135 cm³/mol. The average Bonchev–Trinajstić information content (AvgIpc) is 3.41. The molecule has 3 N–H and O–H groups in total. The Morgan fingerprint density at radius 3 is 2.45 bits per heavy atom. The molecule has 9 heteroatoms. The summed E-state index contributed by atoms with van der Waals surface area (Å²) in [5.41, 5.74) is 6.95. The van der Waals surface area contributed by atoms with Crippen LogP contribution >= 0.6 is 45.9 Å². The van der Waals surface area contributed by atoms with Crippen LogP contribution in [0.4, 0.5) is 5.00 Å². The normalized spacial score (nSPS) is 10.7. The second-order valence-corrected chi connectivity index (χ2v) is 10.2. The Kier molecular flexibility index (Phi) is 7.35. The first-order chi connectivity index (χ1) is 15.9. The third-order valence-electron chi connectivity index (χ3n) is 4.65. The predicted octanol–water partition coefficient (Wildman–Crippen LogP) is 6.64. The molecule has 0 radical (unpaired) electrons. The van der Waals surface area contributed by atoms with E-state index in [1.807, 2.05) is 36.4 Å². The van der Waals surface area contributed by atoms with E-state index in [2.05, 4.69) is 5.32 Å². The van der Waals surface area contributed by atoms with Crippen LogP contribution in [-0.2, 0) is 13.0 Å². The summed E-state index contributed by atoms with van der Waals surface area (Å²) in [7, 11) is 0. The van der Waals surface area contributed by atoms with Gasteiger partial charge in [0, 0.05) is 21.2 Å². The maximum atomic E-state index is 12.8. The number of primary amides is 1. The highest BCUT2D eigenvalue weighted by Crippen LogP contribution is 2.32. The second kappa shape index (κ2) is 10.4. The van der Waals surface area contributed by atoms with E-state index < -0.39 is 5.91 Å². The lowest BCUT2D eigenvalue weighted by molar-refractivity contribution is 0.100.